The van der Waals surface area contributed by atoms with Crippen molar-refractivity contribution < 1.29 is 13.5 Å². The molecule has 1 aromatic carbocycles. The summed E-state index contributed by atoms with van der Waals surface area (Å²) in [7, 11) is -2.30. The molecule has 7 heteroatoms. The van der Waals surface area contributed by atoms with Gasteiger partial charge < -0.3 is 10.8 Å². The van der Waals surface area contributed by atoms with Crippen LogP contribution in [-0.4, -0.2) is 25.6 Å². The molecule has 1 aromatic heterocycles. The maximum Gasteiger partial charge on any atom is 0.265 e. The van der Waals surface area contributed by atoms with Crippen molar-refractivity contribution in [1.29, 1.82) is 0 Å². The molecule has 106 valence electrons. The van der Waals surface area contributed by atoms with Crippen molar-refractivity contribution in [3.05, 3.63) is 48.3 Å². The molecule has 0 saturated carbocycles. The van der Waals surface area contributed by atoms with Gasteiger partial charge >= 0.3 is 0 Å². The lowest BCUT2D eigenvalue weighted by molar-refractivity contribution is 0.475. The van der Waals surface area contributed by atoms with Crippen LogP contribution >= 0.6 is 0 Å². The standard InChI is InChI=1S/C13H15N3O3S/c1-16(11-3-2-4-12(17)7-11)20(18,19)13-6-5-10(8-14)15-9-13/h2-7,9,17H,8,14H2,1H3. The fourth-order valence-corrected chi connectivity index (χ4v) is 2.80. The molecule has 0 aliphatic rings. The van der Waals surface area contributed by atoms with Crippen molar-refractivity contribution in [3.63, 3.8) is 0 Å². The Morgan fingerprint density at radius 3 is 2.60 bits per heavy atom. The van der Waals surface area contributed by atoms with Crippen LogP contribution in [0.25, 0.3) is 0 Å². The third kappa shape index (κ3) is 2.73. The fourth-order valence-electron chi connectivity index (χ4n) is 1.67. The number of hydrogen-bond donors (Lipinski definition) is 2. The maximum atomic E-state index is 12.4. The highest BCUT2D eigenvalue weighted by Crippen LogP contribution is 2.24. The Bertz CT molecular complexity index is 699. The van der Waals surface area contributed by atoms with Crippen molar-refractivity contribution in [1.82, 2.24) is 4.98 Å². The molecule has 0 aliphatic heterocycles. The molecule has 2 aromatic rings. The fraction of sp³-hybridized carbons (Fsp3) is 0.154. The van der Waals surface area contributed by atoms with E-state index in [1.165, 1.54) is 31.4 Å². The van der Waals surface area contributed by atoms with Gasteiger partial charge in [0.2, 0.25) is 0 Å². The molecule has 1 heterocycles. The zero-order valence-corrected chi connectivity index (χ0v) is 11.7. The highest BCUT2D eigenvalue weighted by atomic mass is 32.2. The van der Waals surface area contributed by atoms with E-state index in [-0.39, 0.29) is 17.2 Å². The summed E-state index contributed by atoms with van der Waals surface area (Å²) in [6, 6.07) is 9.05. The third-order valence-electron chi connectivity index (χ3n) is 2.86. The number of benzene rings is 1. The number of aromatic nitrogens is 1. The van der Waals surface area contributed by atoms with Gasteiger partial charge in [0.1, 0.15) is 10.6 Å². The summed E-state index contributed by atoms with van der Waals surface area (Å²) < 4.78 is 25.9. The van der Waals surface area contributed by atoms with Crippen molar-refractivity contribution in [2.75, 3.05) is 11.4 Å². The van der Waals surface area contributed by atoms with Crippen molar-refractivity contribution in [2.45, 2.75) is 11.4 Å². The van der Waals surface area contributed by atoms with Gasteiger partial charge in [0, 0.05) is 25.9 Å². The zero-order chi connectivity index (χ0) is 14.8. The van der Waals surface area contributed by atoms with E-state index in [9.17, 15) is 13.5 Å². The van der Waals surface area contributed by atoms with Crippen LogP contribution < -0.4 is 10.0 Å². The van der Waals surface area contributed by atoms with Gasteiger partial charge in [-0.15, -0.1) is 0 Å². The lowest BCUT2D eigenvalue weighted by atomic mass is 10.3. The van der Waals surface area contributed by atoms with E-state index in [4.69, 9.17) is 5.73 Å². The number of anilines is 1. The van der Waals surface area contributed by atoms with Gasteiger partial charge in [-0.3, -0.25) is 9.29 Å². The van der Waals surface area contributed by atoms with E-state index < -0.39 is 10.0 Å². The Morgan fingerprint density at radius 2 is 2.05 bits per heavy atom. The van der Waals surface area contributed by atoms with Gasteiger partial charge in [0.25, 0.3) is 10.0 Å². The molecule has 0 unspecified atom stereocenters. The molecule has 0 spiro atoms. The summed E-state index contributed by atoms with van der Waals surface area (Å²) in [6.45, 7) is 0.253. The second kappa shape index (κ2) is 5.48. The number of sulfonamides is 1. The Balaban J connectivity index is 2.38. The average molecular weight is 293 g/mol. The molecule has 0 atom stereocenters. The molecule has 0 amide bonds. The summed E-state index contributed by atoms with van der Waals surface area (Å²) in [5, 5.41) is 9.42. The lowest BCUT2D eigenvalue weighted by Crippen LogP contribution is -2.26. The summed E-state index contributed by atoms with van der Waals surface area (Å²) in [5.74, 6) is 0.00107. The predicted molar refractivity (Wildman–Crippen MR) is 75.8 cm³/mol. The summed E-state index contributed by atoms with van der Waals surface area (Å²) in [6.07, 6.45) is 1.27. The van der Waals surface area contributed by atoms with Gasteiger partial charge in [-0.2, -0.15) is 0 Å². The molecular formula is C13H15N3O3S. The Morgan fingerprint density at radius 1 is 1.30 bits per heavy atom. The van der Waals surface area contributed by atoms with Crippen LogP contribution in [0.15, 0.2) is 47.5 Å². The minimum Gasteiger partial charge on any atom is -0.508 e. The first kappa shape index (κ1) is 14.3. The molecule has 0 radical (unpaired) electrons. The number of nitrogens with zero attached hydrogens (tertiary/aromatic N) is 2. The Hall–Kier alpha value is -2.12. The molecule has 0 fully saturated rings. The molecule has 3 N–H and O–H groups in total. The molecule has 2 rings (SSSR count). The van der Waals surface area contributed by atoms with E-state index in [1.807, 2.05) is 0 Å². The highest BCUT2D eigenvalue weighted by Gasteiger charge is 2.21. The lowest BCUT2D eigenvalue weighted by Gasteiger charge is -2.19. The zero-order valence-electron chi connectivity index (χ0n) is 10.9. The number of nitrogens with two attached hydrogens (primary N) is 1. The van der Waals surface area contributed by atoms with Crippen LogP contribution in [0.4, 0.5) is 5.69 Å². The minimum atomic E-state index is -3.71. The van der Waals surface area contributed by atoms with Crippen LogP contribution in [0.5, 0.6) is 5.75 Å². The number of phenolic OH excluding ortho intramolecular Hbond substituents is 1. The topological polar surface area (TPSA) is 96.5 Å². The number of aromatic hydroxyl groups is 1. The number of rotatable bonds is 4. The first-order chi connectivity index (χ1) is 9.45. The van der Waals surface area contributed by atoms with Gasteiger partial charge in [-0.05, 0) is 24.3 Å². The van der Waals surface area contributed by atoms with Gasteiger partial charge in [0.05, 0.1) is 11.4 Å². The second-order valence-corrected chi connectivity index (χ2v) is 6.15. The minimum absolute atomic E-state index is 0.00107. The van der Waals surface area contributed by atoms with Gasteiger partial charge in [-0.1, -0.05) is 6.07 Å². The van der Waals surface area contributed by atoms with Gasteiger partial charge in [-0.25, -0.2) is 8.42 Å². The first-order valence-electron chi connectivity index (χ1n) is 5.88. The summed E-state index contributed by atoms with van der Waals surface area (Å²) in [4.78, 5) is 4.05. The monoisotopic (exact) mass is 293 g/mol. The van der Waals surface area contributed by atoms with Crippen LogP contribution in [0.1, 0.15) is 5.69 Å². The maximum absolute atomic E-state index is 12.4. The van der Waals surface area contributed by atoms with Crippen LogP contribution in [0.2, 0.25) is 0 Å². The van der Waals surface area contributed by atoms with E-state index >= 15 is 0 Å². The molecule has 0 aliphatic carbocycles. The largest absolute Gasteiger partial charge is 0.508 e. The van der Waals surface area contributed by atoms with Crippen LogP contribution in [-0.2, 0) is 16.6 Å². The Kier molecular flexibility index (Phi) is 3.91. The van der Waals surface area contributed by atoms with Crippen molar-refractivity contribution in [2.24, 2.45) is 5.73 Å². The van der Waals surface area contributed by atoms with E-state index in [0.29, 0.717) is 11.4 Å². The molecule has 20 heavy (non-hydrogen) atoms. The van der Waals surface area contributed by atoms with Crippen LogP contribution in [0, 0.1) is 0 Å². The molecule has 0 saturated heterocycles. The summed E-state index contributed by atoms with van der Waals surface area (Å²) in [5.41, 5.74) is 6.41. The normalized spacial score (nSPS) is 11.3. The van der Waals surface area contributed by atoms with Crippen molar-refractivity contribution >= 4 is 15.7 Å². The molecular weight excluding hydrogens is 278 g/mol. The van der Waals surface area contributed by atoms with E-state index in [1.54, 1.807) is 18.2 Å². The SMILES string of the molecule is CN(c1cccc(O)c1)S(=O)(=O)c1ccc(CN)nc1. The summed E-state index contributed by atoms with van der Waals surface area (Å²) >= 11 is 0. The number of hydrogen-bond acceptors (Lipinski definition) is 5. The molecule has 6 nitrogen and oxygen atoms in total. The predicted octanol–water partition coefficient (Wildman–Crippen LogP) is 1.07. The van der Waals surface area contributed by atoms with Crippen LogP contribution in [0.3, 0.4) is 0 Å². The quantitative estimate of drug-likeness (QED) is 0.879. The molecule has 0 bridgehead atoms. The third-order valence-corrected chi connectivity index (χ3v) is 4.63. The first-order valence-corrected chi connectivity index (χ1v) is 7.32. The van der Waals surface area contributed by atoms with Crippen molar-refractivity contribution in [3.8, 4) is 5.75 Å². The number of phenols is 1. The smallest absolute Gasteiger partial charge is 0.265 e. The highest BCUT2D eigenvalue weighted by molar-refractivity contribution is 7.92. The van der Waals surface area contributed by atoms with E-state index in [0.717, 1.165) is 4.31 Å². The second-order valence-electron chi connectivity index (χ2n) is 4.18. The number of pyridine rings is 1. The van der Waals surface area contributed by atoms with E-state index in [2.05, 4.69) is 4.98 Å². The Labute approximate surface area is 117 Å². The average Bonchev–Trinajstić information content (AvgIpc) is 2.46. The van der Waals surface area contributed by atoms with Gasteiger partial charge in [0.15, 0.2) is 0 Å².